The van der Waals surface area contributed by atoms with Crippen LogP contribution >= 0.6 is 11.6 Å². The molecule has 0 aliphatic rings. The van der Waals surface area contributed by atoms with Gasteiger partial charge in [-0.1, -0.05) is 36.7 Å². The minimum absolute atomic E-state index is 0.0575. The fourth-order valence-electron chi connectivity index (χ4n) is 4.53. The van der Waals surface area contributed by atoms with Crippen LogP contribution in [0.4, 0.5) is 15.8 Å². The number of nitro groups is 1. The predicted octanol–water partition coefficient (Wildman–Crippen LogP) is 5.23. The molecule has 44 heavy (non-hydrogen) atoms. The van der Waals surface area contributed by atoms with Gasteiger partial charge in [-0.3, -0.25) is 24.0 Å². The molecule has 0 bridgehead atoms. The van der Waals surface area contributed by atoms with E-state index < -0.39 is 55.7 Å². The van der Waals surface area contributed by atoms with Crippen molar-refractivity contribution in [1.82, 2.24) is 10.2 Å². The Morgan fingerprint density at radius 1 is 1.09 bits per heavy atom. The van der Waals surface area contributed by atoms with Crippen molar-refractivity contribution in [3.63, 3.8) is 0 Å². The molecule has 0 saturated heterocycles. The van der Waals surface area contributed by atoms with E-state index >= 15 is 0 Å². The monoisotopic (exact) mass is 648 g/mol. The summed E-state index contributed by atoms with van der Waals surface area (Å²) in [5, 5.41) is 14.6. The van der Waals surface area contributed by atoms with Crippen molar-refractivity contribution in [1.29, 1.82) is 0 Å². The quantitative estimate of drug-likeness (QED) is 0.198. The first-order chi connectivity index (χ1) is 20.7. The van der Waals surface area contributed by atoms with Crippen LogP contribution < -0.4 is 14.4 Å². The molecule has 3 aromatic rings. The molecule has 0 radical (unpaired) electrons. The lowest BCUT2D eigenvalue weighted by molar-refractivity contribution is -0.385. The standard InChI is InChI=1S/C30H34ClFN4O7S/c1-6-25(30(38)33-19(2)3)34(17-21-8-11-23(32)12-9-21)29(37)18-35(27-15-22(31)10-14-28(27)43-5)44(41,42)24-13-7-20(4)26(16-24)36(39)40/h7-16,19,25H,6,17-18H2,1-5H3,(H,33,38). The van der Waals surface area contributed by atoms with Crippen LogP contribution in [0, 0.1) is 22.9 Å². The number of carbonyl (C=O) groups excluding carboxylic acids is 2. The smallest absolute Gasteiger partial charge is 0.273 e. The fraction of sp³-hybridized carbons (Fsp3) is 0.333. The van der Waals surface area contributed by atoms with Crippen LogP contribution in [0.1, 0.15) is 38.3 Å². The lowest BCUT2D eigenvalue weighted by atomic mass is 10.1. The van der Waals surface area contributed by atoms with E-state index in [0.29, 0.717) is 5.56 Å². The second kappa shape index (κ2) is 14.5. The summed E-state index contributed by atoms with van der Waals surface area (Å²) in [7, 11) is -3.36. The summed E-state index contributed by atoms with van der Waals surface area (Å²) in [5.41, 5.74) is 0.214. The highest BCUT2D eigenvalue weighted by Gasteiger charge is 2.35. The Kier molecular flexibility index (Phi) is 11.3. The zero-order chi connectivity index (χ0) is 32.8. The summed E-state index contributed by atoms with van der Waals surface area (Å²) in [6.45, 7) is 5.73. The van der Waals surface area contributed by atoms with Crippen LogP contribution in [-0.4, -0.2) is 55.8 Å². The number of nitro benzene ring substituents is 1. The molecule has 11 nitrogen and oxygen atoms in total. The van der Waals surface area contributed by atoms with Gasteiger partial charge in [-0.25, -0.2) is 12.8 Å². The molecule has 0 spiro atoms. The van der Waals surface area contributed by atoms with Gasteiger partial charge >= 0.3 is 0 Å². The molecule has 14 heteroatoms. The van der Waals surface area contributed by atoms with Gasteiger partial charge in [-0.2, -0.15) is 0 Å². The number of carbonyl (C=O) groups is 2. The van der Waals surface area contributed by atoms with E-state index in [9.17, 15) is 32.5 Å². The summed E-state index contributed by atoms with van der Waals surface area (Å²) in [6.07, 6.45) is 0.183. The third kappa shape index (κ3) is 8.03. The number of rotatable bonds is 13. The zero-order valence-electron chi connectivity index (χ0n) is 24.9. The van der Waals surface area contributed by atoms with Crippen molar-refractivity contribution in [3.8, 4) is 5.75 Å². The Labute approximate surface area is 260 Å². The number of ether oxygens (including phenoxy) is 1. The van der Waals surface area contributed by atoms with Crippen LogP contribution in [0.25, 0.3) is 0 Å². The molecule has 0 fully saturated rings. The van der Waals surface area contributed by atoms with E-state index in [1.165, 1.54) is 73.5 Å². The Balaban J connectivity index is 2.19. The summed E-state index contributed by atoms with van der Waals surface area (Å²) in [6, 6.07) is 11.7. The largest absolute Gasteiger partial charge is 0.495 e. The van der Waals surface area contributed by atoms with Gasteiger partial charge in [-0.15, -0.1) is 0 Å². The molecular formula is C30H34ClFN4O7S. The van der Waals surface area contributed by atoms with E-state index in [1.54, 1.807) is 20.8 Å². The molecule has 3 rings (SSSR count). The van der Waals surface area contributed by atoms with Gasteiger partial charge in [0.25, 0.3) is 15.7 Å². The second-order valence-corrected chi connectivity index (χ2v) is 12.6. The average Bonchev–Trinajstić information content (AvgIpc) is 2.96. The lowest BCUT2D eigenvalue weighted by Gasteiger charge is -2.34. The molecule has 0 aliphatic heterocycles. The number of sulfonamides is 1. The van der Waals surface area contributed by atoms with Crippen LogP contribution in [0.15, 0.2) is 65.6 Å². The van der Waals surface area contributed by atoms with Crippen molar-refractivity contribution in [2.24, 2.45) is 0 Å². The molecule has 1 unspecified atom stereocenters. The minimum Gasteiger partial charge on any atom is -0.495 e. The van der Waals surface area contributed by atoms with Crippen molar-refractivity contribution in [3.05, 3.63) is 92.7 Å². The van der Waals surface area contributed by atoms with Crippen molar-refractivity contribution in [2.45, 2.75) is 57.6 Å². The number of nitrogens with zero attached hydrogens (tertiary/aromatic N) is 3. The molecule has 3 aromatic carbocycles. The first-order valence-corrected chi connectivity index (χ1v) is 15.5. The number of halogens is 2. The molecular weight excluding hydrogens is 615 g/mol. The molecule has 2 amide bonds. The average molecular weight is 649 g/mol. The highest BCUT2D eigenvalue weighted by atomic mass is 35.5. The Morgan fingerprint density at radius 3 is 2.32 bits per heavy atom. The molecule has 1 atom stereocenters. The predicted molar refractivity (Wildman–Crippen MR) is 165 cm³/mol. The number of aryl methyl sites for hydroxylation is 1. The van der Waals surface area contributed by atoms with E-state index in [1.807, 2.05) is 0 Å². The SMILES string of the molecule is CCC(C(=O)NC(C)C)N(Cc1ccc(F)cc1)C(=O)CN(c1cc(Cl)ccc1OC)S(=O)(=O)c1ccc(C)c([N+](=O)[O-])c1. The van der Waals surface area contributed by atoms with Gasteiger partial charge < -0.3 is 15.0 Å². The highest BCUT2D eigenvalue weighted by molar-refractivity contribution is 7.92. The number of methoxy groups -OCH3 is 1. The Bertz CT molecular complexity index is 1630. The van der Waals surface area contributed by atoms with Crippen LogP contribution in [0.2, 0.25) is 5.02 Å². The molecule has 0 aromatic heterocycles. The molecule has 0 saturated carbocycles. The summed E-state index contributed by atoms with van der Waals surface area (Å²) >= 11 is 6.24. The number of benzene rings is 3. The fourth-order valence-corrected chi connectivity index (χ4v) is 6.14. The molecule has 0 aliphatic carbocycles. The van der Waals surface area contributed by atoms with Crippen molar-refractivity contribution in [2.75, 3.05) is 18.0 Å². The lowest BCUT2D eigenvalue weighted by Crippen LogP contribution is -2.53. The summed E-state index contributed by atoms with van der Waals surface area (Å²) < 4.78 is 48.2. The third-order valence-electron chi connectivity index (χ3n) is 6.74. The maximum Gasteiger partial charge on any atom is 0.273 e. The Hall–Kier alpha value is -4.23. The van der Waals surface area contributed by atoms with Gasteiger partial charge in [0.05, 0.1) is 22.6 Å². The van der Waals surface area contributed by atoms with Crippen molar-refractivity contribution >= 4 is 44.8 Å². The normalized spacial score (nSPS) is 12.0. The summed E-state index contributed by atoms with van der Waals surface area (Å²) in [4.78, 5) is 39.1. The first kappa shape index (κ1) is 34.3. The molecule has 1 N–H and O–H groups in total. The van der Waals surface area contributed by atoms with Crippen LogP contribution in [0.3, 0.4) is 0 Å². The first-order valence-electron chi connectivity index (χ1n) is 13.6. The maximum atomic E-state index is 14.2. The van der Waals surface area contributed by atoms with Crippen LogP contribution in [0.5, 0.6) is 5.75 Å². The Morgan fingerprint density at radius 2 is 1.75 bits per heavy atom. The van der Waals surface area contributed by atoms with Gasteiger partial charge in [0.15, 0.2) is 0 Å². The number of amides is 2. The number of hydrogen-bond acceptors (Lipinski definition) is 7. The van der Waals surface area contributed by atoms with Gasteiger partial charge in [0.2, 0.25) is 11.8 Å². The van der Waals surface area contributed by atoms with Gasteiger partial charge in [-0.05, 0) is 69.2 Å². The number of nitrogens with one attached hydrogen (secondary N) is 1. The highest BCUT2D eigenvalue weighted by Crippen LogP contribution is 2.36. The van der Waals surface area contributed by atoms with E-state index in [2.05, 4.69) is 5.32 Å². The van der Waals surface area contributed by atoms with Gasteiger partial charge in [0, 0.05) is 29.2 Å². The number of hydrogen-bond donors (Lipinski definition) is 1. The van der Waals surface area contributed by atoms with E-state index in [0.717, 1.165) is 10.4 Å². The van der Waals surface area contributed by atoms with Crippen LogP contribution in [-0.2, 0) is 26.2 Å². The maximum absolute atomic E-state index is 14.2. The van der Waals surface area contributed by atoms with E-state index in [-0.39, 0.29) is 41.0 Å². The molecule has 0 heterocycles. The zero-order valence-corrected chi connectivity index (χ0v) is 26.5. The van der Waals surface area contributed by atoms with Gasteiger partial charge in [0.1, 0.15) is 24.2 Å². The number of anilines is 1. The minimum atomic E-state index is -4.66. The second-order valence-electron chi connectivity index (χ2n) is 10.3. The summed E-state index contributed by atoms with van der Waals surface area (Å²) in [5.74, 6) is -1.66. The molecule has 236 valence electrons. The topological polar surface area (TPSA) is 139 Å². The third-order valence-corrected chi connectivity index (χ3v) is 8.73. The van der Waals surface area contributed by atoms with Crippen molar-refractivity contribution < 1.29 is 32.1 Å². The van der Waals surface area contributed by atoms with E-state index in [4.69, 9.17) is 16.3 Å².